The molecule has 3 N–H and O–H groups in total. The number of H-pyrrole nitrogens is 1. The molecule has 1 rings (SSSR count). The number of nitrogens with one attached hydrogen (secondary N) is 1. The molecule has 0 aliphatic rings. The Hall–Kier alpha value is -1.32. The molecule has 0 aromatic carbocycles. The van der Waals surface area contributed by atoms with Gasteiger partial charge in [0.15, 0.2) is 0 Å². The van der Waals surface area contributed by atoms with Crippen LogP contribution in [0.4, 0.5) is 5.82 Å². The van der Waals surface area contributed by atoms with Gasteiger partial charge in [0.25, 0.3) is 0 Å². The number of aromatic amines is 1. The Labute approximate surface area is 64.8 Å². The van der Waals surface area contributed by atoms with Crippen molar-refractivity contribution in [1.29, 1.82) is 0 Å². The first-order chi connectivity index (χ1) is 5.11. The average Bonchev–Trinajstić information content (AvgIpc) is 2.34. The molecular formula is C7H11N3O. The number of nitrogens with two attached hydrogens (primary N) is 1. The SMILES string of the molecule is CC(=O)C(C)c1cc(N)n[nH]1. The lowest BCUT2D eigenvalue weighted by Gasteiger charge is -2.01. The van der Waals surface area contributed by atoms with Gasteiger partial charge in [0.1, 0.15) is 11.6 Å². The van der Waals surface area contributed by atoms with Crippen LogP contribution in [0, 0.1) is 0 Å². The average molecular weight is 153 g/mol. The highest BCUT2D eigenvalue weighted by molar-refractivity contribution is 5.82. The van der Waals surface area contributed by atoms with Gasteiger partial charge < -0.3 is 5.73 Å². The second kappa shape index (κ2) is 2.74. The second-order valence-corrected chi connectivity index (χ2v) is 2.58. The number of Topliss-reactive ketones (excluding diaryl/α,β-unsaturated/α-hetero) is 1. The molecule has 1 atom stereocenters. The molecule has 0 amide bonds. The molecule has 0 spiro atoms. The van der Waals surface area contributed by atoms with E-state index in [-0.39, 0.29) is 11.7 Å². The normalized spacial score (nSPS) is 12.9. The van der Waals surface area contributed by atoms with E-state index in [0.29, 0.717) is 5.82 Å². The summed E-state index contributed by atoms with van der Waals surface area (Å²) in [7, 11) is 0. The highest BCUT2D eigenvalue weighted by Crippen LogP contribution is 2.14. The smallest absolute Gasteiger partial charge is 0.145 e. The van der Waals surface area contributed by atoms with Crippen molar-refractivity contribution >= 4 is 11.6 Å². The standard InChI is InChI=1S/C7H11N3O/c1-4(5(2)11)6-3-7(8)10-9-6/h3-4H,1-2H3,(H3,8,9,10). The summed E-state index contributed by atoms with van der Waals surface area (Å²) < 4.78 is 0. The van der Waals surface area contributed by atoms with Crippen molar-refractivity contribution in [3.63, 3.8) is 0 Å². The Morgan fingerprint density at radius 3 is 2.82 bits per heavy atom. The topological polar surface area (TPSA) is 71.8 Å². The third kappa shape index (κ3) is 1.58. The van der Waals surface area contributed by atoms with Crippen LogP contribution in [0.15, 0.2) is 6.07 Å². The number of rotatable bonds is 2. The summed E-state index contributed by atoms with van der Waals surface area (Å²) in [6.45, 7) is 3.36. The summed E-state index contributed by atoms with van der Waals surface area (Å²) in [6.07, 6.45) is 0. The van der Waals surface area contributed by atoms with Crippen molar-refractivity contribution in [3.05, 3.63) is 11.8 Å². The fourth-order valence-corrected chi connectivity index (χ4v) is 0.794. The van der Waals surface area contributed by atoms with Crippen LogP contribution in [0.5, 0.6) is 0 Å². The lowest BCUT2D eigenvalue weighted by atomic mass is 10.0. The van der Waals surface area contributed by atoms with Gasteiger partial charge in [-0.25, -0.2) is 0 Å². The van der Waals surface area contributed by atoms with Gasteiger partial charge in [0.2, 0.25) is 0 Å². The van der Waals surface area contributed by atoms with Crippen molar-refractivity contribution < 1.29 is 4.79 Å². The maximum Gasteiger partial charge on any atom is 0.145 e. The zero-order chi connectivity index (χ0) is 8.43. The van der Waals surface area contributed by atoms with E-state index in [4.69, 9.17) is 5.73 Å². The predicted molar refractivity (Wildman–Crippen MR) is 42.1 cm³/mol. The lowest BCUT2D eigenvalue weighted by Crippen LogP contribution is -2.04. The van der Waals surface area contributed by atoms with E-state index in [1.807, 2.05) is 6.92 Å². The van der Waals surface area contributed by atoms with Crippen molar-refractivity contribution in [3.8, 4) is 0 Å². The van der Waals surface area contributed by atoms with E-state index in [2.05, 4.69) is 10.2 Å². The van der Waals surface area contributed by atoms with Gasteiger partial charge in [-0.1, -0.05) is 0 Å². The van der Waals surface area contributed by atoms with Crippen molar-refractivity contribution in [2.24, 2.45) is 0 Å². The first-order valence-corrected chi connectivity index (χ1v) is 3.42. The third-order valence-electron chi connectivity index (χ3n) is 1.69. The van der Waals surface area contributed by atoms with Gasteiger partial charge in [0.05, 0.1) is 5.92 Å². The number of anilines is 1. The molecule has 1 aromatic rings. The zero-order valence-corrected chi connectivity index (χ0v) is 6.59. The molecule has 4 heteroatoms. The maximum absolute atomic E-state index is 10.9. The van der Waals surface area contributed by atoms with Crippen LogP contribution in [0.2, 0.25) is 0 Å². The summed E-state index contributed by atoms with van der Waals surface area (Å²) >= 11 is 0. The minimum Gasteiger partial charge on any atom is -0.382 e. The summed E-state index contributed by atoms with van der Waals surface area (Å²) in [5.74, 6) is 0.390. The Morgan fingerprint density at radius 2 is 2.45 bits per heavy atom. The predicted octanol–water partition coefficient (Wildman–Crippen LogP) is 0.684. The van der Waals surface area contributed by atoms with Crippen LogP contribution >= 0.6 is 0 Å². The second-order valence-electron chi connectivity index (χ2n) is 2.58. The summed E-state index contributed by atoms with van der Waals surface area (Å²) in [5.41, 5.74) is 6.14. The number of ketones is 1. The van der Waals surface area contributed by atoms with Crippen LogP contribution in [0.1, 0.15) is 25.5 Å². The molecule has 0 saturated heterocycles. The number of nitrogen functional groups attached to an aromatic ring is 1. The van der Waals surface area contributed by atoms with Gasteiger partial charge in [0, 0.05) is 11.8 Å². The number of aromatic nitrogens is 2. The molecule has 1 heterocycles. The van der Waals surface area contributed by atoms with E-state index in [1.165, 1.54) is 0 Å². The molecule has 1 aromatic heterocycles. The zero-order valence-electron chi connectivity index (χ0n) is 6.59. The first kappa shape index (κ1) is 7.78. The van der Waals surface area contributed by atoms with E-state index in [0.717, 1.165) is 5.69 Å². The number of nitrogens with zero attached hydrogens (tertiary/aromatic N) is 1. The fraction of sp³-hybridized carbons (Fsp3) is 0.429. The minimum atomic E-state index is -0.139. The Bertz CT molecular complexity index is 266. The third-order valence-corrected chi connectivity index (χ3v) is 1.69. The van der Waals surface area contributed by atoms with Crippen molar-refractivity contribution in [1.82, 2.24) is 10.2 Å². The van der Waals surface area contributed by atoms with Gasteiger partial charge in [-0.2, -0.15) is 5.10 Å². The minimum absolute atomic E-state index is 0.105. The molecule has 0 aliphatic carbocycles. The molecular weight excluding hydrogens is 142 g/mol. The summed E-state index contributed by atoms with van der Waals surface area (Å²) in [5, 5.41) is 6.41. The van der Waals surface area contributed by atoms with Gasteiger partial charge in [-0.3, -0.25) is 9.89 Å². The van der Waals surface area contributed by atoms with E-state index in [9.17, 15) is 4.79 Å². The Kier molecular flexibility index (Phi) is 1.94. The molecule has 0 aliphatic heterocycles. The summed E-state index contributed by atoms with van der Waals surface area (Å²) in [4.78, 5) is 10.9. The quantitative estimate of drug-likeness (QED) is 0.656. The van der Waals surface area contributed by atoms with Crippen molar-refractivity contribution in [2.45, 2.75) is 19.8 Å². The fourth-order valence-electron chi connectivity index (χ4n) is 0.794. The van der Waals surface area contributed by atoms with Crippen molar-refractivity contribution in [2.75, 3.05) is 5.73 Å². The van der Waals surface area contributed by atoms with Gasteiger partial charge >= 0.3 is 0 Å². The van der Waals surface area contributed by atoms with E-state index >= 15 is 0 Å². The van der Waals surface area contributed by atoms with E-state index in [1.54, 1.807) is 13.0 Å². The Balaban J connectivity index is 2.84. The van der Waals surface area contributed by atoms with Crippen LogP contribution < -0.4 is 5.73 Å². The van der Waals surface area contributed by atoms with Gasteiger partial charge in [-0.05, 0) is 13.8 Å². The maximum atomic E-state index is 10.9. The molecule has 11 heavy (non-hydrogen) atoms. The number of carbonyl (C=O) groups is 1. The number of carbonyl (C=O) groups excluding carboxylic acids is 1. The molecule has 0 saturated carbocycles. The molecule has 0 fully saturated rings. The molecule has 0 radical (unpaired) electrons. The van der Waals surface area contributed by atoms with Crippen LogP contribution in [-0.4, -0.2) is 16.0 Å². The Morgan fingerprint density at radius 1 is 1.82 bits per heavy atom. The highest BCUT2D eigenvalue weighted by atomic mass is 16.1. The monoisotopic (exact) mass is 153 g/mol. The van der Waals surface area contributed by atoms with E-state index < -0.39 is 0 Å². The lowest BCUT2D eigenvalue weighted by molar-refractivity contribution is -0.118. The highest BCUT2D eigenvalue weighted by Gasteiger charge is 2.12. The first-order valence-electron chi connectivity index (χ1n) is 3.42. The molecule has 60 valence electrons. The molecule has 0 bridgehead atoms. The number of hydrogen-bond donors (Lipinski definition) is 2. The van der Waals surface area contributed by atoms with Crippen LogP contribution in [0.25, 0.3) is 0 Å². The molecule has 4 nitrogen and oxygen atoms in total. The van der Waals surface area contributed by atoms with Crippen LogP contribution in [-0.2, 0) is 4.79 Å². The number of hydrogen-bond acceptors (Lipinski definition) is 3. The van der Waals surface area contributed by atoms with Crippen LogP contribution in [0.3, 0.4) is 0 Å². The van der Waals surface area contributed by atoms with Gasteiger partial charge in [-0.15, -0.1) is 0 Å². The largest absolute Gasteiger partial charge is 0.382 e. The molecule has 1 unspecified atom stereocenters. The summed E-state index contributed by atoms with van der Waals surface area (Å²) in [6, 6.07) is 1.67.